The Morgan fingerprint density at radius 1 is 0.356 bits per heavy atom. The Morgan fingerprint density at radius 3 is 0.944 bits per heavy atom. The summed E-state index contributed by atoms with van der Waals surface area (Å²) in [4.78, 5) is 35.9. The summed E-state index contributed by atoms with van der Waals surface area (Å²) in [6.07, 6.45) is 99.3. The van der Waals surface area contributed by atoms with E-state index in [1.807, 2.05) is 21.1 Å². The zero-order chi connectivity index (χ0) is 65.5. The van der Waals surface area contributed by atoms with Gasteiger partial charge in [-0.25, -0.2) is 4.57 Å². The van der Waals surface area contributed by atoms with Gasteiger partial charge in [-0.2, -0.15) is 0 Å². The molecule has 0 fully saturated rings. The van der Waals surface area contributed by atoms with Crippen LogP contribution in [0, 0.1) is 0 Å². The number of carbonyl (C=O) groups is 2. The van der Waals surface area contributed by atoms with Gasteiger partial charge in [0.25, 0.3) is 0 Å². The lowest BCUT2D eigenvalue weighted by Crippen LogP contribution is -2.37. The maximum absolute atomic E-state index is 12.9. The number of rotatable bonds is 69. The molecule has 0 saturated heterocycles. The molecule has 0 heterocycles. The summed E-state index contributed by atoms with van der Waals surface area (Å²) in [6.45, 7) is 4.33. The van der Waals surface area contributed by atoms with Crippen molar-refractivity contribution in [3.63, 3.8) is 0 Å². The quantitative estimate of drug-likeness (QED) is 0.0211. The van der Waals surface area contributed by atoms with Gasteiger partial charge < -0.3 is 18.9 Å². The highest BCUT2D eigenvalue weighted by Crippen LogP contribution is 2.43. The van der Waals surface area contributed by atoms with Gasteiger partial charge in [-0.05, 0) is 83.5 Å². The molecule has 2 unspecified atom stereocenters. The fourth-order valence-corrected chi connectivity index (χ4v) is 11.3. The van der Waals surface area contributed by atoms with Gasteiger partial charge in [0.05, 0.1) is 27.7 Å². The first kappa shape index (κ1) is 86.7. The van der Waals surface area contributed by atoms with Crippen molar-refractivity contribution in [3.05, 3.63) is 109 Å². The summed E-state index contributed by atoms with van der Waals surface area (Å²) in [5.41, 5.74) is 0. The molecule has 0 saturated carbocycles. The van der Waals surface area contributed by atoms with E-state index >= 15 is 0 Å². The molecule has 520 valence electrons. The molecule has 0 aliphatic carbocycles. The molecule has 0 aliphatic rings. The lowest BCUT2D eigenvalue weighted by Gasteiger charge is -2.24. The highest BCUT2D eigenvalue weighted by molar-refractivity contribution is 7.47. The standard InChI is InChI=1S/C80H142NO8P/c1-6-8-10-12-14-16-18-20-22-24-26-28-30-32-34-36-38-40-42-44-46-48-50-52-54-56-58-60-62-64-66-68-70-72-79(82)86-76-78(77-88-90(84,85)87-75-74-81(3,4)5)89-80(83)73-71-69-67-65-63-61-59-57-55-53-51-49-47-45-43-41-39-37-35-33-31-29-27-25-23-21-19-17-15-13-11-9-7-2/h9,11,15,17,21,23,27,29,33,35,39,41,45,47,51,53,57,59,78H,6-8,10,12-14,16,18-20,22,24-26,28,30-32,34,36-38,40,42-44,46,48-50,52,54-56,58,60-77H2,1-5H3/p+1/b11-9-,17-15-,23-21-,29-27-,35-33-,41-39-,47-45-,53-51-,59-57-. The van der Waals surface area contributed by atoms with Gasteiger partial charge in [0, 0.05) is 12.8 Å². The van der Waals surface area contributed by atoms with E-state index in [9.17, 15) is 19.0 Å². The second-order valence-electron chi connectivity index (χ2n) is 26.3. The van der Waals surface area contributed by atoms with Crippen LogP contribution in [0.2, 0.25) is 0 Å². The van der Waals surface area contributed by atoms with Crippen molar-refractivity contribution < 1.29 is 42.1 Å². The van der Waals surface area contributed by atoms with E-state index in [0.29, 0.717) is 17.4 Å². The van der Waals surface area contributed by atoms with Gasteiger partial charge in [0.2, 0.25) is 0 Å². The third kappa shape index (κ3) is 73.7. The summed E-state index contributed by atoms with van der Waals surface area (Å²) in [6, 6.07) is 0. The summed E-state index contributed by atoms with van der Waals surface area (Å²) >= 11 is 0. The maximum atomic E-state index is 12.9. The van der Waals surface area contributed by atoms with E-state index in [4.69, 9.17) is 18.5 Å². The molecule has 0 aromatic carbocycles. The van der Waals surface area contributed by atoms with Crippen molar-refractivity contribution in [2.75, 3.05) is 47.5 Å². The van der Waals surface area contributed by atoms with Crippen molar-refractivity contribution in [1.29, 1.82) is 0 Å². The third-order valence-corrected chi connectivity index (χ3v) is 17.3. The number of unbranched alkanes of at least 4 members (excludes halogenated alkanes) is 37. The van der Waals surface area contributed by atoms with Gasteiger partial charge >= 0.3 is 19.8 Å². The Hall–Kier alpha value is -3.33. The van der Waals surface area contributed by atoms with E-state index in [-0.39, 0.29) is 32.0 Å². The van der Waals surface area contributed by atoms with Crippen molar-refractivity contribution >= 4 is 19.8 Å². The molecule has 1 N–H and O–H groups in total. The highest BCUT2D eigenvalue weighted by Gasteiger charge is 2.27. The van der Waals surface area contributed by atoms with Crippen LogP contribution in [-0.4, -0.2) is 74.9 Å². The summed E-state index contributed by atoms with van der Waals surface area (Å²) in [7, 11) is 1.46. The van der Waals surface area contributed by atoms with Crippen LogP contribution in [0.4, 0.5) is 0 Å². The molecular formula is C80H143NO8P+. The Kier molecular flexibility index (Phi) is 67.4. The fourth-order valence-electron chi connectivity index (χ4n) is 10.6. The molecule has 90 heavy (non-hydrogen) atoms. The number of hydrogen-bond acceptors (Lipinski definition) is 7. The van der Waals surface area contributed by atoms with Crippen molar-refractivity contribution in [1.82, 2.24) is 0 Å². The number of phosphoric acid groups is 1. The number of allylic oxidation sites excluding steroid dienone is 18. The topological polar surface area (TPSA) is 108 Å². The summed E-state index contributed by atoms with van der Waals surface area (Å²) < 4.78 is 34.7. The Morgan fingerprint density at radius 2 is 0.633 bits per heavy atom. The van der Waals surface area contributed by atoms with E-state index in [0.717, 1.165) is 109 Å². The first-order chi connectivity index (χ1) is 44.0. The van der Waals surface area contributed by atoms with Crippen LogP contribution in [0.5, 0.6) is 0 Å². The van der Waals surface area contributed by atoms with Gasteiger partial charge in [-0.15, -0.1) is 0 Å². The molecule has 0 aromatic heterocycles. The zero-order valence-corrected chi connectivity index (χ0v) is 60.2. The average Bonchev–Trinajstić information content (AvgIpc) is 3.58. The lowest BCUT2D eigenvalue weighted by atomic mass is 10.0. The molecule has 9 nitrogen and oxygen atoms in total. The van der Waals surface area contributed by atoms with E-state index in [1.165, 1.54) is 193 Å². The second kappa shape index (κ2) is 70.0. The smallest absolute Gasteiger partial charge is 0.462 e. The van der Waals surface area contributed by atoms with Gasteiger partial charge in [0.15, 0.2) is 6.10 Å². The molecule has 2 atom stereocenters. The first-order valence-corrected chi connectivity index (χ1v) is 39.1. The number of quaternary nitrogens is 1. The van der Waals surface area contributed by atoms with Crippen LogP contribution < -0.4 is 0 Å². The molecule has 0 amide bonds. The number of carbonyl (C=O) groups excluding carboxylic acids is 2. The lowest BCUT2D eigenvalue weighted by molar-refractivity contribution is -0.870. The first-order valence-electron chi connectivity index (χ1n) is 37.6. The summed E-state index contributed by atoms with van der Waals surface area (Å²) in [5.74, 6) is -0.813. The minimum atomic E-state index is -4.41. The number of esters is 2. The number of hydrogen-bond donors (Lipinski definition) is 1. The van der Waals surface area contributed by atoms with Gasteiger partial charge in [-0.1, -0.05) is 348 Å². The number of ether oxygens (including phenoxy) is 2. The maximum Gasteiger partial charge on any atom is 0.472 e. The van der Waals surface area contributed by atoms with Crippen LogP contribution in [0.15, 0.2) is 109 Å². The molecule has 0 aliphatic heterocycles. The van der Waals surface area contributed by atoms with Crippen molar-refractivity contribution in [2.45, 2.75) is 341 Å². The second-order valence-corrected chi connectivity index (χ2v) is 27.8. The molecule has 0 spiro atoms. The average molecular weight is 1280 g/mol. The van der Waals surface area contributed by atoms with E-state index in [2.05, 4.69) is 123 Å². The SMILES string of the molecule is CC/C=C\C/C=C\C/C=C\C/C=C\C/C=C\C/C=C\C/C=C\C/C=C\C/C=C\CCCCCCCC(=O)OC(COC(=O)CCCCCCCCCCCCCCCCCCCCCCCCCCCCCCCCCCC)COP(=O)(O)OCC[N+](C)(C)C. The summed E-state index contributed by atoms with van der Waals surface area (Å²) in [5, 5.41) is 0. The minimum Gasteiger partial charge on any atom is -0.462 e. The predicted molar refractivity (Wildman–Crippen MR) is 390 cm³/mol. The number of nitrogens with zero attached hydrogens (tertiary/aromatic N) is 1. The number of phosphoric ester groups is 1. The minimum absolute atomic E-state index is 0.0236. The molecule has 10 heteroatoms. The van der Waals surface area contributed by atoms with Crippen LogP contribution >= 0.6 is 7.82 Å². The molecule has 0 rings (SSSR count). The Balaban J connectivity index is 4.06. The van der Waals surface area contributed by atoms with E-state index in [1.54, 1.807) is 0 Å². The monoisotopic (exact) mass is 1280 g/mol. The Bertz CT molecular complexity index is 1890. The van der Waals surface area contributed by atoms with Crippen molar-refractivity contribution in [2.24, 2.45) is 0 Å². The normalized spacial score (nSPS) is 13.7. The Labute approximate surface area is 556 Å². The highest BCUT2D eigenvalue weighted by atomic mass is 31.2. The fraction of sp³-hybridized carbons (Fsp3) is 0.750. The molecule has 0 aromatic rings. The molecule has 0 bridgehead atoms. The predicted octanol–water partition coefficient (Wildman–Crippen LogP) is 24.8. The van der Waals surface area contributed by atoms with Crippen LogP contribution in [0.25, 0.3) is 0 Å². The molecular weight excluding hydrogens is 1130 g/mol. The zero-order valence-electron chi connectivity index (χ0n) is 59.4. The van der Waals surface area contributed by atoms with Crippen LogP contribution in [0.3, 0.4) is 0 Å². The van der Waals surface area contributed by atoms with Gasteiger partial charge in [0.1, 0.15) is 19.8 Å². The van der Waals surface area contributed by atoms with Crippen LogP contribution in [0.1, 0.15) is 335 Å². The van der Waals surface area contributed by atoms with Gasteiger partial charge in [-0.3, -0.25) is 18.6 Å². The third-order valence-electron chi connectivity index (χ3n) is 16.3. The van der Waals surface area contributed by atoms with Crippen molar-refractivity contribution in [3.8, 4) is 0 Å². The van der Waals surface area contributed by atoms with Crippen LogP contribution in [-0.2, 0) is 32.7 Å². The van der Waals surface area contributed by atoms with E-state index < -0.39 is 26.5 Å². The largest absolute Gasteiger partial charge is 0.472 e. The number of likely N-dealkylation sites (N-methyl/N-ethyl adjacent to an activating group) is 1. The molecule has 0 radical (unpaired) electrons.